The van der Waals surface area contributed by atoms with E-state index in [1.54, 1.807) is 29.6 Å². The number of benzene rings is 2. The van der Waals surface area contributed by atoms with E-state index in [9.17, 15) is 14.0 Å². The molecule has 1 aromatic heterocycles. The molecule has 0 saturated carbocycles. The van der Waals surface area contributed by atoms with Crippen LogP contribution in [0.25, 0.3) is 0 Å². The van der Waals surface area contributed by atoms with Crippen molar-refractivity contribution >= 4 is 34.5 Å². The van der Waals surface area contributed by atoms with E-state index in [1.165, 1.54) is 36.6 Å². The highest BCUT2D eigenvalue weighted by atomic mass is 32.1. The van der Waals surface area contributed by atoms with Gasteiger partial charge in [0.05, 0.1) is 18.4 Å². The van der Waals surface area contributed by atoms with Gasteiger partial charge in [0, 0.05) is 16.6 Å². The van der Waals surface area contributed by atoms with E-state index in [0.29, 0.717) is 22.7 Å². The molecule has 3 rings (SSSR count). The van der Waals surface area contributed by atoms with Gasteiger partial charge in [-0.25, -0.2) is 4.39 Å². The number of rotatable bonds is 5. The zero-order valence-corrected chi connectivity index (χ0v) is 14.6. The first-order chi connectivity index (χ1) is 12.6. The van der Waals surface area contributed by atoms with Crippen molar-refractivity contribution in [3.8, 4) is 5.75 Å². The second-order valence-electron chi connectivity index (χ2n) is 5.35. The normalized spacial score (nSPS) is 10.2. The summed E-state index contributed by atoms with van der Waals surface area (Å²) in [6.45, 7) is 0. The van der Waals surface area contributed by atoms with Gasteiger partial charge in [0.2, 0.25) is 0 Å². The Kier molecular flexibility index (Phi) is 5.28. The minimum atomic E-state index is -0.499. The lowest BCUT2D eigenvalue weighted by molar-refractivity contribution is 0.101. The van der Waals surface area contributed by atoms with Crippen LogP contribution in [0.3, 0.4) is 0 Å². The van der Waals surface area contributed by atoms with E-state index < -0.39 is 11.7 Å². The minimum Gasteiger partial charge on any atom is -0.495 e. The smallest absolute Gasteiger partial charge is 0.256 e. The SMILES string of the molecule is COc1ccc(NC(=O)c2ccsc2)cc1NC(=O)c1cccc(F)c1. The number of thiophene rings is 1. The van der Waals surface area contributed by atoms with Crippen molar-refractivity contribution < 1.29 is 18.7 Å². The Balaban J connectivity index is 1.81. The molecule has 0 fully saturated rings. The molecule has 0 aliphatic rings. The number of carbonyl (C=O) groups is 2. The van der Waals surface area contributed by atoms with Crippen LogP contribution >= 0.6 is 11.3 Å². The van der Waals surface area contributed by atoms with E-state index in [4.69, 9.17) is 4.74 Å². The molecule has 2 N–H and O–H groups in total. The second kappa shape index (κ2) is 7.79. The molecule has 0 saturated heterocycles. The van der Waals surface area contributed by atoms with E-state index in [2.05, 4.69) is 10.6 Å². The second-order valence-corrected chi connectivity index (χ2v) is 6.13. The molecule has 132 valence electrons. The van der Waals surface area contributed by atoms with E-state index in [-0.39, 0.29) is 11.5 Å². The van der Waals surface area contributed by atoms with Gasteiger partial charge in [0.1, 0.15) is 11.6 Å². The van der Waals surface area contributed by atoms with Crippen LogP contribution in [-0.4, -0.2) is 18.9 Å². The zero-order valence-electron chi connectivity index (χ0n) is 13.8. The van der Waals surface area contributed by atoms with Gasteiger partial charge in [-0.3, -0.25) is 9.59 Å². The largest absolute Gasteiger partial charge is 0.495 e. The maximum atomic E-state index is 13.3. The lowest BCUT2D eigenvalue weighted by atomic mass is 10.2. The van der Waals surface area contributed by atoms with E-state index >= 15 is 0 Å². The third kappa shape index (κ3) is 4.07. The van der Waals surface area contributed by atoms with E-state index in [1.807, 2.05) is 5.38 Å². The monoisotopic (exact) mass is 370 g/mol. The van der Waals surface area contributed by atoms with Gasteiger partial charge in [0.25, 0.3) is 11.8 Å². The molecule has 0 bridgehead atoms. The topological polar surface area (TPSA) is 67.4 Å². The van der Waals surface area contributed by atoms with Gasteiger partial charge < -0.3 is 15.4 Å². The molecule has 0 aliphatic carbocycles. The Bertz CT molecular complexity index is 942. The third-order valence-electron chi connectivity index (χ3n) is 3.58. The van der Waals surface area contributed by atoms with E-state index in [0.717, 1.165) is 6.07 Å². The number of ether oxygens (including phenoxy) is 1. The zero-order chi connectivity index (χ0) is 18.5. The predicted molar refractivity (Wildman–Crippen MR) is 99.6 cm³/mol. The Morgan fingerprint density at radius 2 is 1.81 bits per heavy atom. The standard InChI is InChI=1S/C19H15FN2O3S/c1-25-17-6-5-15(21-19(24)13-7-8-26-11-13)10-16(17)22-18(23)12-3-2-4-14(20)9-12/h2-11H,1H3,(H,21,24)(H,22,23). The summed E-state index contributed by atoms with van der Waals surface area (Å²) in [7, 11) is 1.47. The van der Waals surface area contributed by atoms with Crippen molar-refractivity contribution in [1.29, 1.82) is 0 Å². The number of hydrogen-bond acceptors (Lipinski definition) is 4. The van der Waals surface area contributed by atoms with Gasteiger partial charge in [-0.2, -0.15) is 11.3 Å². The van der Waals surface area contributed by atoms with Crippen LogP contribution in [0.2, 0.25) is 0 Å². The van der Waals surface area contributed by atoms with Crippen molar-refractivity contribution in [2.45, 2.75) is 0 Å². The van der Waals surface area contributed by atoms with Crippen molar-refractivity contribution in [3.05, 3.63) is 76.2 Å². The number of carbonyl (C=O) groups excluding carboxylic acids is 2. The number of amides is 2. The summed E-state index contributed by atoms with van der Waals surface area (Å²) >= 11 is 1.43. The van der Waals surface area contributed by atoms with Gasteiger partial charge in [-0.1, -0.05) is 6.07 Å². The fourth-order valence-electron chi connectivity index (χ4n) is 2.30. The molecule has 0 aliphatic heterocycles. The fraction of sp³-hybridized carbons (Fsp3) is 0.0526. The molecule has 7 heteroatoms. The first kappa shape index (κ1) is 17.6. The predicted octanol–water partition coefficient (Wildman–Crippen LogP) is 4.40. The summed E-state index contributed by atoms with van der Waals surface area (Å²) in [6.07, 6.45) is 0. The number of nitrogens with one attached hydrogen (secondary N) is 2. The van der Waals surface area contributed by atoms with Crippen LogP contribution < -0.4 is 15.4 Å². The Morgan fingerprint density at radius 1 is 1.00 bits per heavy atom. The van der Waals surface area contributed by atoms with Gasteiger partial charge >= 0.3 is 0 Å². The average Bonchev–Trinajstić information content (AvgIpc) is 3.17. The number of methoxy groups -OCH3 is 1. The maximum absolute atomic E-state index is 13.3. The first-order valence-corrected chi connectivity index (χ1v) is 8.59. The van der Waals surface area contributed by atoms with Crippen LogP contribution in [0.4, 0.5) is 15.8 Å². The maximum Gasteiger partial charge on any atom is 0.256 e. The number of hydrogen-bond donors (Lipinski definition) is 2. The Morgan fingerprint density at radius 3 is 2.50 bits per heavy atom. The molecule has 1 heterocycles. The molecular formula is C19H15FN2O3S. The molecule has 0 spiro atoms. The van der Waals surface area contributed by atoms with Crippen LogP contribution in [0, 0.1) is 5.82 Å². The van der Waals surface area contributed by atoms with Crippen molar-refractivity contribution in [1.82, 2.24) is 0 Å². The third-order valence-corrected chi connectivity index (χ3v) is 4.26. The highest BCUT2D eigenvalue weighted by molar-refractivity contribution is 7.08. The fourth-order valence-corrected chi connectivity index (χ4v) is 2.94. The molecule has 5 nitrogen and oxygen atoms in total. The number of halogens is 1. The first-order valence-electron chi connectivity index (χ1n) is 7.65. The van der Waals surface area contributed by atoms with Crippen molar-refractivity contribution in [2.75, 3.05) is 17.7 Å². The average molecular weight is 370 g/mol. The highest BCUT2D eigenvalue weighted by Gasteiger charge is 2.13. The quantitative estimate of drug-likeness (QED) is 0.699. The Hall–Kier alpha value is -3.19. The highest BCUT2D eigenvalue weighted by Crippen LogP contribution is 2.28. The van der Waals surface area contributed by atoms with Crippen molar-refractivity contribution in [3.63, 3.8) is 0 Å². The molecular weight excluding hydrogens is 355 g/mol. The lowest BCUT2D eigenvalue weighted by Crippen LogP contribution is -2.14. The summed E-state index contributed by atoms with van der Waals surface area (Å²) in [6, 6.07) is 12.0. The molecule has 0 unspecified atom stereocenters. The van der Waals surface area contributed by atoms with Crippen LogP contribution in [0.15, 0.2) is 59.3 Å². The Labute approximate surface area is 153 Å². The lowest BCUT2D eigenvalue weighted by Gasteiger charge is -2.13. The van der Waals surface area contributed by atoms with Gasteiger partial charge in [-0.15, -0.1) is 0 Å². The van der Waals surface area contributed by atoms with Gasteiger partial charge in [-0.05, 0) is 47.8 Å². The summed E-state index contributed by atoms with van der Waals surface area (Å²) in [5.74, 6) is -0.812. The molecule has 2 amide bonds. The molecule has 3 aromatic rings. The number of anilines is 2. The van der Waals surface area contributed by atoms with Crippen LogP contribution in [0.1, 0.15) is 20.7 Å². The molecule has 0 atom stereocenters. The van der Waals surface area contributed by atoms with Crippen LogP contribution in [0.5, 0.6) is 5.75 Å². The summed E-state index contributed by atoms with van der Waals surface area (Å²) < 4.78 is 18.5. The van der Waals surface area contributed by atoms with Crippen LogP contribution in [-0.2, 0) is 0 Å². The van der Waals surface area contributed by atoms with Crippen molar-refractivity contribution in [2.24, 2.45) is 0 Å². The van der Waals surface area contributed by atoms with Gasteiger partial charge in [0.15, 0.2) is 0 Å². The summed E-state index contributed by atoms with van der Waals surface area (Å²) in [5, 5.41) is 8.99. The minimum absolute atomic E-state index is 0.180. The summed E-state index contributed by atoms with van der Waals surface area (Å²) in [5.41, 5.74) is 1.59. The molecule has 0 radical (unpaired) electrons. The molecule has 2 aromatic carbocycles. The summed E-state index contributed by atoms with van der Waals surface area (Å²) in [4.78, 5) is 24.5. The molecule has 26 heavy (non-hydrogen) atoms.